The van der Waals surface area contributed by atoms with Gasteiger partial charge in [0.25, 0.3) is 0 Å². The summed E-state index contributed by atoms with van der Waals surface area (Å²) in [5.74, 6) is 0.219. The maximum atomic E-state index is 9.93. The molecule has 0 spiro atoms. The Morgan fingerprint density at radius 2 is 1.94 bits per heavy atom. The fourth-order valence-electron chi connectivity index (χ4n) is 1.69. The summed E-state index contributed by atoms with van der Waals surface area (Å²) in [4.78, 5) is 0. The minimum Gasteiger partial charge on any atom is -0.392 e. The lowest BCUT2D eigenvalue weighted by molar-refractivity contribution is 0.0134. The van der Waals surface area contributed by atoms with Crippen molar-refractivity contribution in [3.63, 3.8) is 0 Å². The zero-order valence-corrected chi connectivity index (χ0v) is 10.7. The maximum Gasteiger partial charge on any atom is 0.0717 e. The normalized spacial score (nSPS) is 16.2. The van der Waals surface area contributed by atoms with Crippen LogP contribution in [0.4, 0.5) is 0 Å². The SMILES string of the molecule is C=C[C@@H](C)[C@H](O)[C@H](C)COCc1ccccc1. The van der Waals surface area contributed by atoms with E-state index in [-0.39, 0.29) is 17.9 Å². The highest BCUT2D eigenvalue weighted by molar-refractivity contribution is 5.13. The Labute approximate surface area is 104 Å². The fourth-order valence-corrected chi connectivity index (χ4v) is 1.69. The zero-order chi connectivity index (χ0) is 12.7. The summed E-state index contributed by atoms with van der Waals surface area (Å²) in [5, 5.41) is 9.93. The lowest BCUT2D eigenvalue weighted by atomic mass is 9.94. The van der Waals surface area contributed by atoms with Gasteiger partial charge in [0.05, 0.1) is 19.3 Å². The third-order valence-electron chi connectivity index (χ3n) is 2.99. The minimum atomic E-state index is -0.386. The molecule has 0 radical (unpaired) electrons. The standard InChI is InChI=1S/C15H22O2/c1-4-12(2)15(16)13(3)10-17-11-14-8-6-5-7-9-14/h4-9,12-13,15-16H,1,10-11H2,2-3H3/t12-,13-,15+/m1/s1. The van der Waals surface area contributed by atoms with Crippen LogP contribution in [0.1, 0.15) is 19.4 Å². The van der Waals surface area contributed by atoms with Crippen LogP contribution in [0.2, 0.25) is 0 Å². The Bertz CT molecular complexity index is 321. The molecule has 0 heterocycles. The first-order chi connectivity index (χ1) is 8.15. The van der Waals surface area contributed by atoms with E-state index in [1.165, 1.54) is 0 Å². The zero-order valence-electron chi connectivity index (χ0n) is 10.7. The van der Waals surface area contributed by atoms with Gasteiger partial charge in [0.15, 0.2) is 0 Å². The molecule has 3 atom stereocenters. The van der Waals surface area contributed by atoms with Crippen LogP contribution in [0.15, 0.2) is 43.0 Å². The molecule has 17 heavy (non-hydrogen) atoms. The van der Waals surface area contributed by atoms with Gasteiger partial charge in [-0.2, -0.15) is 0 Å². The van der Waals surface area contributed by atoms with Crippen LogP contribution in [0.5, 0.6) is 0 Å². The van der Waals surface area contributed by atoms with Crippen molar-refractivity contribution >= 4 is 0 Å². The highest BCUT2D eigenvalue weighted by Gasteiger charge is 2.18. The largest absolute Gasteiger partial charge is 0.392 e. The van der Waals surface area contributed by atoms with E-state index in [2.05, 4.69) is 6.58 Å². The average Bonchev–Trinajstić information content (AvgIpc) is 2.38. The van der Waals surface area contributed by atoms with E-state index in [0.717, 1.165) is 5.56 Å². The molecule has 0 aliphatic rings. The molecule has 0 bridgehead atoms. The molecule has 0 saturated carbocycles. The molecule has 94 valence electrons. The maximum absolute atomic E-state index is 9.93. The predicted molar refractivity (Wildman–Crippen MR) is 70.6 cm³/mol. The van der Waals surface area contributed by atoms with Gasteiger partial charge in [-0.25, -0.2) is 0 Å². The van der Waals surface area contributed by atoms with E-state index >= 15 is 0 Å². The van der Waals surface area contributed by atoms with Gasteiger partial charge in [0.1, 0.15) is 0 Å². The van der Waals surface area contributed by atoms with E-state index in [1.54, 1.807) is 6.08 Å². The van der Waals surface area contributed by atoms with Crippen molar-refractivity contribution in [1.29, 1.82) is 0 Å². The summed E-state index contributed by atoms with van der Waals surface area (Å²) in [6, 6.07) is 10.1. The van der Waals surface area contributed by atoms with Crippen LogP contribution in [-0.4, -0.2) is 17.8 Å². The number of benzene rings is 1. The van der Waals surface area contributed by atoms with Gasteiger partial charge < -0.3 is 9.84 Å². The molecule has 0 amide bonds. The van der Waals surface area contributed by atoms with Gasteiger partial charge in [0.2, 0.25) is 0 Å². The quantitative estimate of drug-likeness (QED) is 0.735. The van der Waals surface area contributed by atoms with Gasteiger partial charge in [-0.05, 0) is 5.56 Å². The second kappa shape index (κ2) is 7.25. The molecule has 2 heteroatoms. The van der Waals surface area contributed by atoms with Crippen molar-refractivity contribution in [3.8, 4) is 0 Å². The first-order valence-corrected chi connectivity index (χ1v) is 6.07. The van der Waals surface area contributed by atoms with E-state index in [4.69, 9.17) is 4.74 Å². The molecule has 0 aromatic heterocycles. The van der Waals surface area contributed by atoms with E-state index in [1.807, 2.05) is 44.2 Å². The molecule has 0 aliphatic carbocycles. The van der Waals surface area contributed by atoms with Crippen molar-refractivity contribution in [3.05, 3.63) is 48.6 Å². The summed E-state index contributed by atoms with van der Waals surface area (Å²) in [6.45, 7) is 8.81. The molecule has 0 saturated heterocycles. The topological polar surface area (TPSA) is 29.5 Å². The van der Waals surface area contributed by atoms with Gasteiger partial charge in [0, 0.05) is 11.8 Å². The smallest absolute Gasteiger partial charge is 0.0717 e. The van der Waals surface area contributed by atoms with Crippen LogP contribution in [-0.2, 0) is 11.3 Å². The molecule has 1 aromatic rings. The average molecular weight is 234 g/mol. The lowest BCUT2D eigenvalue weighted by Gasteiger charge is -2.22. The molecule has 1 aromatic carbocycles. The van der Waals surface area contributed by atoms with Gasteiger partial charge in [-0.3, -0.25) is 0 Å². The Hall–Kier alpha value is -1.12. The Morgan fingerprint density at radius 3 is 2.53 bits per heavy atom. The van der Waals surface area contributed by atoms with Gasteiger partial charge in [-0.15, -0.1) is 6.58 Å². The van der Waals surface area contributed by atoms with Crippen LogP contribution >= 0.6 is 0 Å². The minimum absolute atomic E-state index is 0.102. The van der Waals surface area contributed by atoms with Crippen molar-refractivity contribution in [2.45, 2.75) is 26.6 Å². The van der Waals surface area contributed by atoms with E-state index in [0.29, 0.717) is 13.2 Å². The Balaban J connectivity index is 2.29. The molecule has 0 fully saturated rings. The van der Waals surface area contributed by atoms with Crippen molar-refractivity contribution in [2.75, 3.05) is 6.61 Å². The van der Waals surface area contributed by atoms with Crippen LogP contribution in [0.25, 0.3) is 0 Å². The van der Waals surface area contributed by atoms with E-state index in [9.17, 15) is 5.11 Å². The second-order valence-electron chi connectivity index (χ2n) is 4.56. The number of ether oxygens (including phenoxy) is 1. The number of rotatable bonds is 7. The molecule has 2 nitrogen and oxygen atoms in total. The number of hydrogen-bond donors (Lipinski definition) is 1. The highest BCUT2D eigenvalue weighted by Crippen LogP contribution is 2.14. The Morgan fingerprint density at radius 1 is 1.29 bits per heavy atom. The van der Waals surface area contributed by atoms with E-state index < -0.39 is 0 Å². The molecule has 0 aliphatic heterocycles. The fraction of sp³-hybridized carbons (Fsp3) is 0.467. The molecule has 1 rings (SSSR count). The first-order valence-electron chi connectivity index (χ1n) is 6.07. The van der Waals surface area contributed by atoms with Crippen molar-refractivity contribution in [1.82, 2.24) is 0 Å². The predicted octanol–water partition coefficient (Wildman–Crippen LogP) is 3.02. The van der Waals surface area contributed by atoms with Crippen molar-refractivity contribution < 1.29 is 9.84 Å². The summed E-state index contributed by atoms with van der Waals surface area (Å²) in [5.41, 5.74) is 1.16. The van der Waals surface area contributed by atoms with Crippen LogP contribution < -0.4 is 0 Å². The summed E-state index contributed by atoms with van der Waals surface area (Å²) >= 11 is 0. The molecular formula is C15H22O2. The molecule has 1 N–H and O–H groups in total. The van der Waals surface area contributed by atoms with Crippen molar-refractivity contribution in [2.24, 2.45) is 11.8 Å². The van der Waals surface area contributed by atoms with Gasteiger partial charge in [-0.1, -0.05) is 50.3 Å². The summed E-state index contributed by atoms with van der Waals surface area (Å²) in [7, 11) is 0. The van der Waals surface area contributed by atoms with Crippen LogP contribution in [0, 0.1) is 11.8 Å². The first kappa shape index (κ1) is 13.9. The lowest BCUT2D eigenvalue weighted by Crippen LogP contribution is -2.27. The summed E-state index contributed by atoms with van der Waals surface area (Å²) in [6.07, 6.45) is 1.39. The summed E-state index contributed by atoms with van der Waals surface area (Å²) < 4.78 is 5.60. The molecule has 0 unspecified atom stereocenters. The second-order valence-corrected chi connectivity index (χ2v) is 4.56. The third kappa shape index (κ3) is 4.72. The monoisotopic (exact) mass is 234 g/mol. The number of aliphatic hydroxyl groups excluding tert-OH is 1. The third-order valence-corrected chi connectivity index (χ3v) is 2.99. The van der Waals surface area contributed by atoms with Gasteiger partial charge >= 0.3 is 0 Å². The number of aliphatic hydroxyl groups is 1. The number of hydrogen-bond acceptors (Lipinski definition) is 2. The molecular weight excluding hydrogens is 212 g/mol. The Kier molecular flexibility index (Phi) is 5.95. The highest BCUT2D eigenvalue weighted by atomic mass is 16.5. The van der Waals surface area contributed by atoms with Crippen LogP contribution in [0.3, 0.4) is 0 Å².